The highest BCUT2D eigenvalue weighted by molar-refractivity contribution is 5.70. The van der Waals surface area contributed by atoms with Gasteiger partial charge in [0.25, 0.3) is 0 Å². The van der Waals surface area contributed by atoms with Crippen LogP contribution in [0, 0.1) is 17.5 Å². The quantitative estimate of drug-likeness (QED) is 0.789. The number of halogens is 3. The van der Waals surface area contributed by atoms with E-state index in [2.05, 4.69) is 4.74 Å². The van der Waals surface area contributed by atoms with Crippen LogP contribution in [0.2, 0.25) is 0 Å². The van der Waals surface area contributed by atoms with E-state index in [1.54, 1.807) is 0 Å². The van der Waals surface area contributed by atoms with Gasteiger partial charge in [0.1, 0.15) is 0 Å². The summed E-state index contributed by atoms with van der Waals surface area (Å²) in [5, 5.41) is 8.37. The molecule has 0 aliphatic rings. The van der Waals surface area contributed by atoms with Gasteiger partial charge in [-0.2, -0.15) is 0 Å². The molecule has 1 rings (SSSR count). The van der Waals surface area contributed by atoms with Crippen LogP contribution in [0.3, 0.4) is 0 Å². The van der Waals surface area contributed by atoms with Gasteiger partial charge in [-0.1, -0.05) is 0 Å². The van der Waals surface area contributed by atoms with Crippen LogP contribution in [-0.4, -0.2) is 18.2 Å². The number of benzene rings is 1. The fourth-order valence-electron chi connectivity index (χ4n) is 1.09. The minimum Gasteiger partial charge on any atom is -0.494 e. The minimum absolute atomic E-state index is 0.523. The zero-order chi connectivity index (χ0) is 11.6. The summed E-state index contributed by atoms with van der Waals surface area (Å²) in [6.07, 6.45) is -0.939. The van der Waals surface area contributed by atoms with E-state index in [4.69, 9.17) is 5.11 Å². The molecule has 0 aliphatic heterocycles. The molecule has 15 heavy (non-hydrogen) atoms. The van der Waals surface area contributed by atoms with Gasteiger partial charge in [0.05, 0.1) is 13.5 Å². The van der Waals surface area contributed by atoms with Crippen LogP contribution in [0.4, 0.5) is 13.2 Å². The third-order valence-corrected chi connectivity index (χ3v) is 1.76. The molecule has 0 unspecified atom stereocenters. The van der Waals surface area contributed by atoms with Crippen LogP contribution in [0.25, 0.3) is 0 Å². The SMILES string of the molecule is COc1cc(F)c(F)c(CC(=O)O)c1F. The smallest absolute Gasteiger partial charge is 0.308 e. The predicted octanol–water partition coefficient (Wildman–Crippen LogP) is 1.74. The lowest BCUT2D eigenvalue weighted by atomic mass is 10.1. The Labute approximate surface area is 83.1 Å². The van der Waals surface area contributed by atoms with Crippen molar-refractivity contribution < 1.29 is 27.8 Å². The first-order valence-electron chi connectivity index (χ1n) is 3.89. The lowest BCUT2D eigenvalue weighted by molar-refractivity contribution is -0.136. The summed E-state index contributed by atoms with van der Waals surface area (Å²) in [4.78, 5) is 10.3. The molecule has 1 aromatic rings. The van der Waals surface area contributed by atoms with Crippen molar-refractivity contribution in [2.75, 3.05) is 7.11 Å². The Hall–Kier alpha value is -1.72. The fourth-order valence-corrected chi connectivity index (χ4v) is 1.09. The number of rotatable bonds is 3. The van der Waals surface area contributed by atoms with Gasteiger partial charge in [-0.25, -0.2) is 13.2 Å². The summed E-state index contributed by atoms with van der Waals surface area (Å²) >= 11 is 0. The van der Waals surface area contributed by atoms with E-state index in [-0.39, 0.29) is 0 Å². The molecule has 0 saturated heterocycles. The van der Waals surface area contributed by atoms with Crippen molar-refractivity contribution in [3.8, 4) is 5.75 Å². The summed E-state index contributed by atoms with van der Waals surface area (Å²) in [5.74, 6) is -6.02. The van der Waals surface area contributed by atoms with E-state index in [1.807, 2.05) is 0 Å². The fraction of sp³-hybridized carbons (Fsp3) is 0.222. The van der Waals surface area contributed by atoms with Gasteiger partial charge < -0.3 is 9.84 Å². The Balaban J connectivity index is 3.33. The molecule has 1 aromatic carbocycles. The second-order valence-corrected chi connectivity index (χ2v) is 2.74. The second-order valence-electron chi connectivity index (χ2n) is 2.74. The molecule has 0 spiro atoms. The van der Waals surface area contributed by atoms with E-state index >= 15 is 0 Å². The van der Waals surface area contributed by atoms with E-state index in [9.17, 15) is 18.0 Å². The summed E-state index contributed by atoms with van der Waals surface area (Å²) in [6, 6.07) is 0.524. The zero-order valence-corrected chi connectivity index (χ0v) is 7.68. The van der Waals surface area contributed by atoms with Crippen LogP contribution in [0.1, 0.15) is 5.56 Å². The molecular weight excluding hydrogens is 213 g/mol. The predicted molar refractivity (Wildman–Crippen MR) is 44.2 cm³/mol. The molecule has 1 N–H and O–H groups in total. The van der Waals surface area contributed by atoms with Gasteiger partial charge in [0.2, 0.25) is 0 Å². The van der Waals surface area contributed by atoms with Crippen LogP contribution in [-0.2, 0) is 11.2 Å². The number of carboxylic acids is 1. The zero-order valence-electron chi connectivity index (χ0n) is 7.68. The standard InChI is InChI=1S/C9H7F3O3/c1-15-6-3-5(10)8(11)4(9(6)12)2-7(13)14/h3H,2H2,1H3,(H,13,14). The Morgan fingerprint density at radius 1 is 1.40 bits per heavy atom. The normalized spacial score (nSPS) is 10.1. The van der Waals surface area contributed by atoms with Gasteiger partial charge in [-0.15, -0.1) is 0 Å². The van der Waals surface area contributed by atoms with Crippen molar-refractivity contribution in [2.24, 2.45) is 0 Å². The molecule has 0 radical (unpaired) electrons. The van der Waals surface area contributed by atoms with E-state index in [1.165, 1.54) is 0 Å². The van der Waals surface area contributed by atoms with Gasteiger partial charge in [0, 0.05) is 11.6 Å². The Bertz CT molecular complexity index is 404. The van der Waals surface area contributed by atoms with Gasteiger partial charge in [-0.05, 0) is 0 Å². The van der Waals surface area contributed by atoms with Crippen molar-refractivity contribution in [1.82, 2.24) is 0 Å². The van der Waals surface area contributed by atoms with Crippen molar-refractivity contribution in [2.45, 2.75) is 6.42 Å². The molecule has 0 aromatic heterocycles. The van der Waals surface area contributed by atoms with Crippen molar-refractivity contribution in [3.63, 3.8) is 0 Å². The highest BCUT2D eigenvalue weighted by Crippen LogP contribution is 2.25. The van der Waals surface area contributed by atoms with Crippen molar-refractivity contribution in [1.29, 1.82) is 0 Å². The largest absolute Gasteiger partial charge is 0.494 e. The van der Waals surface area contributed by atoms with Crippen LogP contribution in [0.5, 0.6) is 5.75 Å². The van der Waals surface area contributed by atoms with Gasteiger partial charge >= 0.3 is 5.97 Å². The molecule has 0 heterocycles. The molecule has 82 valence electrons. The van der Waals surface area contributed by atoms with Gasteiger partial charge in [0.15, 0.2) is 23.2 Å². The minimum atomic E-state index is -1.50. The van der Waals surface area contributed by atoms with Crippen molar-refractivity contribution in [3.05, 3.63) is 29.1 Å². The maximum atomic E-state index is 13.3. The maximum absolute atomic E-state index is 13.3. The van der Waals surface area contributed by atoms with E-state index in [0.717, 1.165) is 7.11 Å². The Morgan fingerprint density at radius 2 is 2.00 bits per heavy atom. The molecule has 0 saturated carbocycles. The number of carboxylic acid groups (broad SMARTS) is 1. The Kier molecular flexibility index (Phi) is 3.18. The molecule has 0 amide bonds. The lowest BCUT2D eigenvalue weighted by Crippen LogP contribution is -2.08. The summed E-state index contributed by atoms with van der Waals surface area (Å²) in [7, 11) is 1.07. The summed E-state index contributed by atoms with van der Waals surface area (Å²) in [6.45, 7) is 0. The topological polar surface area (TPSA) is 46.5 Å². The van der Waals surface area contributed by atoms with Crippen molar-refractivity contribution >= 4 is 5.97 Å². The highest BCUT2D eigenvalue weighted by atomic mass is 19.2. The monoisotopic (exact) mass is 220 g/mol. The molecule has 0 atom stereocenters. The number of methoxy groups -OCH3 is 1. The van der Waals surface area contributed by atoms with E-state index in [0.29, 0.717) is 6.07 Å². The first kappa shape index (κ1) is 11.4. The first-order chi connectivity index (χ1) is 6.97. The summed E-state index contributed by atoms with van der Waals surface area (Å²) in [5.41, 5.74) is -0.848. The van der Waals surface area contributed by atoms with Crippen LogP contribution in [0.15, 0.2) is 6.07 Å². The third-order valence-electron chi connectivity index (χ3n) is 1.76. The number of hydrogen-bond donors (Lipinski definition) is 1. The third kappa shape index (κ3) is 2.20. The summed E-state index contributed by atoms with van der Waals surface area (Å²) < 4.78 is 43.6. The second kappa shape index (κ2) is 4.20. The molecule has 6 heteroatoms. The van der Waals surface area contributed by atoms with Gasteiger partial charge in [-0.3, -0.25) is 4.79 Å². The number of ether oxygens (including phenoxy) is 1. The molecule has 0 aliphatic carbocycles. The highest BCUT2D eigenvalue weighted by Gasteiger charge is 2.21. The molecule has 0 bridgehead atoms. The molecule has 3 nitrogen and oxygen atoms in total. The maximum Gasteiger partial charge on any atom is 0.308 e. The van der Waals surface area contributed by atoms with Crippen LogP contribution < -0.4 is 4.74 Å². The average Bonchev–Trinajstić information content (AvgIpc) is 2.18. The van der Waals surface area contributed by atoms with Crippen LogP contribution >= 0.6 is 0 Å². The molecule has 0 fully saturated rings. The number of aliphatic carboxylic acids is 1. The average molecular weight is 220 g/mol. The number of hydrogen-bond acceptors (Lipinski definition) is 2. The molecular formula is C9H7F3O3. The first-order valence-corrected chi connectivity index (χ1v) is 3.89. The Morgan fingerprint density at radius 3 is 2.47 bits per heavy atom. The number of carbonyl (C=O) groups is 1. The lowest BCUT2D eigenvalue weighted by Gasteiger charge is -2.07. The van der Waals surface area contributed by atoms with E-state index < -0.39 is 41.2 Å².